The number of methoxy groups -OCH3 is 1. The number of aromatic nitrogens is 1. The van der Waals surface area contributed by atoms with Gasteiger partial charge in [0.2, 0.25) is 5.91 Å². The average molecular weight is 563 g/mol. The molecule has 1 fully saturated rings. The van der Waals surface area contributed by atoms with Crippen molar-refractivity contribution in [2.45, 2.75) is 64.1 Å². The lowest BCUT2D eigenvalue weighted by Gasteiger charge is -2.37. The number of benzene rings is 2. The van der Waals surface area contributed by atoms with Gasteiger partial charge in [0.1, 0.15) is 5.82 Å². The van der Waals surface area contributed by atoms with Crippen LogP contribution in [0.2, 0.25) is 5.02 Å². The number of anilines is 2. The van der Waals surface area contributed by atoms with Crippen molar-refractivity contribution in [1.29, 1.82) is 0 Å². The van der Waals surface area contributed by atoms with Crippen molar-refractivity contribution in [2.75, 3.05) is 30.5 Å². The number of carbonyl (C=O) groups excluding carboxylic acids is 1. The molecule has 7 nitrogen and oxygen atoms in total. The maximum Gasteiger partial charge on any atom is 0.233 e. The first-order valence-electron chi connectivity index (χ1n) is 14.1. The first-order chi connectivity index (χ1) is 19.2. The van der Waals surface area contributed by atoms with Crippen LogP contribution >= 0.6 is 11.6 Å². The zero-order valence-electron chi connectivity index (χ0n) is 23.8. The Kier molecular flexibility index (Phi) is 8.52. The predicted molar refractivity (Wildman–Crippen MR) is 161 cm³/mol. The molecule has 0 saturated heterocycles. The molecule has 40 heavy (non-hydrogen) atoms. The summed E-state index contributed by atoms with van der Waals surface area (Å²) in [6, 6.07) is 15.5. The van der Waals surface area contributed by atoms with Crippen molar-refractivity contribution in [3.63, 3.8) is 0 Å². The van der Waals surface area contributed by atoms with Gasteiger partial charge in [-0.2, -0.15) is 0 Å². The standard InChI is InChI=1S/C32H39ClN4O3/c1-20(2)40-29-17-27-23(15-28(29)39-4)16-31(38)37(32(27)22-7-9-24(33)10-8-22)30-14-13-26(18-35-30)36(3)19-21-5-11-25(34)12-6-21/h7-10,13-15,17-18,20-21,25,32H,5-6,11-12,16,19,34H2,1-4H3/t21-,25-,32-/m0/s1. The van der Waals surface area contributed by atoms with Crippen LogP contribution in [0.25, 0.3) is 0 Å². The van der Waals surface area contributed by atoms with E-state index < -0.39 is 6.04 Å². The quantitative estimate of drug-likeness (QED) is 0.354. The Bertz CT molecular complexity index is 1320. The number of nitrogens with zero attached hydrogens (tertiary/aromatic N) is 3. The zero-order chi connectivity index (χ0) is 28.4. The monoisotopic (exact) mass is 562 g/mol. The van der Waals surface area contributed by atoms with E-state index in [-0.39, 0.29) is 18.4 Å². The van der Waals surface area contributed by atoms with E-state index in [2.05, 4.69) is 18.0 Å². The summed E-state index contributed by atoms with van der Waals surface area (Å²) in [5, 5.41) is 0.640. The van der Waals surface area contributed by atoms with E-state index in [0.29, 0.717) is 34.3 Å². The van der Waals surface area contributed by atoms with Gasteiger partial charge in [-0.3, -0.25) is 9.69 Å². The molecule has 8 heteroatoms. The molecule has 1 aliphatic heterocycles. The summed E-state index contributed by atoms with van der Waals surface area (Å²) in [5.74, 6) is 2.49. The molecule has 0 unspecified atom stereocenters. The number of hydrogen-bond donors (Lipinski definition) is 1. The molecule has 3 aromatic rings. The Morgan fingerprint density at radius 3 is 2.42 bits per heavy atom. The van der Waals surface area contributed by atoms with Crippen LogP contribution in [0.5, 0.6) is 11.5 Å². The van der Waals surface area contributed by atoms with Gasteiger partial charge >= 0.3 is 0 Å². The third kappa shape index (κ3) is 6.06. The molecule has 2 N–H and O–H groups in total. The second kappa shape index (κ2) is 12.1. The molecule has 212 valence electrons. The van der Waals surface area contributed by atoms with E-state index in [1.807, 2.05) is 62.5 Å². The van der Waals surface area contributed by atoms with Gasteiger partial charge in [0, 0.05) is 24.7 Å². The van der Waals surface area contributed by atoms with Crippen molar-refractivity contribution in [3.8, 4) is 11.5 Å². The molecular formula is C32H39ClN4O3. The number of nitrogens with two attached hydrogens (primary N) is 1. The highest BCUT2D eigenvalue weighted by Gasteiger charge is 2.37. The van der Waals surface area contributed by atoms with Crippen molar-refractivity contribution in [3.05, 3.63) is 76.4 Å². The summed E-state index contributed by atoms with van der Waals surface area (Å²) >= 11 is 6.24. The maximum absolute atomic E-state index is 13.7. The van der Waals surface area contributed by atoms with Gasteiger partial charge in [-0.1, -0.05) is 23.7 Å². The SMILES string of the molecule is COc1cc2c(cc1OC(C)C)[C@H](c1ccc(Cl)cc1)N(c1ccc(N(C)C[C@H]3CC[C@H](N)CC3)cn1)C(=O)C2. The van der Waals surface area contributed by atoms with Crippen LogP contribution in [0, 0.1) is 5.92 Å². The normalized spacial score (nSPS) is 20.8. The molecule has 0 bridgehead atoms. The number of amides is 1. The fourth-order valence-electron chi connectivity index (χ4n) is 5.91. The summed E-state index contributed by atoms with van der Waals surface area (Å²) < 4.78 is 11.7. The molecule has 2 aliphatic rings. The van der Waals surface area contributed by atoms with Crippen molar-refractivity contribution in [1.82, 2.24) is 4.98 Å². The number of fused-ring (bicyclic) bond motifs is 1. The number of pyridine rings is 1. The molecule has 1 aliphatic carbocycles. The van der Waals surface area contributed by atoms with E-state index >= 15 is 0 Å². The van der Waals surface area contributed by atoms with E-state index in [1.165, 1.54) is 0 Å². The average Bonchev–Trinajstić information content (AvgIpc) is 2.94. The molecule has 2 aromatic carbocycles. The van der Waals surface area contributed by atoms with Crippen molar-refractivity contribution < 1.29 is 14.3 Å². The van der Waals surface area contributed by atoms with Crippen LogP contribution < -0.4 is 25.0 Å². The summed E-state index contributed by atoms with van der Waals surface area (Å²) in [6.45, 7) is 4.94. The van der Waals surface area contributed by atoms with Gasteiger partial charge < -0.3 is 20.1 Å². The first kappa shape index (κ1) is 28.2. The Hall–Kier alpha value is -3.29. The highest BCUT2D eigenvalue weighted by Crippen LogP contribution is 2.43. The number of carbonyl (C=O) groups is 1. The zero-order valence-corrected chi connectivity index (χ0v) is 24.5. The third-order valence-electron chi connectivity index (χ3n) is 7.98. The minimum atomic E-state index is -0.392. The first-order valence-corrected chi connectivity index (χ1v) is 14.5. The van der Waals surface area contributed by atoms with Crippen LogP contribution in [-0.2, 0) is 11.2 Å². The Morgan fingerprint density at radius 2 is 1.80 bits per heavy atom. The molecule has 1 saturated carbocycles. The smallest absolute Gasteiger partial charge is 0.233 e. The van der Waals surface area contributed by atoms with Crippen LogP contribution in [-0.4, -0.2) is 43.7 Å². The van der Waals surface area contributed by atoms with E-state index in [9.17, 15) is 4.79 Å². The summed E-state index contributed by atoms with van der Waals surface area (Å²) in [5.41, 5.74) is 9.97. The minimum Gasteiger partial charge on any atom is -0.493 e. The van der Waals surface area contributed by atoms with Gasteiger partial charge in [0.05, 0.1) is 37.6 Å². The van der Waals surface area contributed by atoms with Gasteiger partial charge in [0.25, 0.3) is 0 Å². The number of hydrogen-bond acceptors (Lipinski definition) is 6. The molecule has 2 heterocycles. The molecule has 0 spiro atoms. The van der Waals surface area contributed by atoms with Crippen molar-refractivity contribution in [2.24, 2.45) is 11.7 Å². The lowest BCUT2D eigenvalue weighted by atomic mass is 9.86. The summed E-state index contributed by atoms with van der Waals surface area (Å²) in [6.07, 6.45) is 6.59. The number of halogens is 1. The molecule has 1 amide bonds. The van der Waals surface area contributed by atoms with Crippen LogP contribution in [0.4, 0.5) is 11.5 Å². The number of ether oxygens (including phenoxy) is 2. The van der Waals surface area contributed by atoms with Gasteiger partial charge in [-0.25, -0.2) is 4.98 Å². The Labute approximate surface area is 242 Å². The summed E-state index contributed by atoms with van der Waals surface area (Å²) in [4.78, 5) is 22.6. The highest BCUT2D eigenvalue weighted by molar-refractivity contribution is 6.30. The molecule has 1 atom stereocenters. The molecule has 5 rings (SSSR count). The Balaban J connectivity index is 1.49. The maximum atomic E-state index is 13.7. The number of rotatable bonds is 8. The second-order valence-electron chi connectivity index (χ2n) is 11.3. The van der Waals surface area contributed by atoms with E-state index in [4.69, 9.17) is 31.8 Å². The van der Waals surface area contributed by atoms with Crippen molar-refractivity contribution >= 4 is 29.0 Å². The molecular weight excluding hydrogens is 524 g/mol. The Morgan fingerprint density at radius 1 is 1.07 bits per heavy atom. The van der Waals surface area contributed by atoms with Gasteiger partial charge in [-0.05, 0) is 98.5 Å². The fourth-order valence-corrected chi connectivity index (χ4v) is 6.03. The second-order valence-corrected chi connectivity index (χ2v) is 11.7. The lowest BCUT2D eigenvalue weighted by Crippen LogP contribution is -2.41. The molecule has 0 radical (unpaired) electrons. The van der Waals surface area contributed by atoms with Gasteiger partial charge in [0.15, 0.2) is 11.5 Å². The highest BCUT2D eigenvalue weighted by atomic mass is 35.5. The van der Waals surface area contributed by atoms with E-state index in [1.54, 1.807) is 12.0 Å². The van der Waals surface area contributed by atoms with E-state index in [0.717, 1.165) is 54.6 Å². The van der Waals surface area contributed by atoms with Crippen LogP contribution in [0.1, 0.15) is 62.3 Å². The minimum absolute atomic E-state index is 0.0285. The predicted octanol–water partition coefficient (Wildman–Crippen LogP) is 6.16. The molecule has 1 aromatic heterocycles. The largest absolute Gasteiger partial charge is 0.493 e. The topological polar surface area (TPSA) is 80.9 Å². The summed E-state index contributed by atoms with van der Waals surface area (Å²) in [7, 11) is 3.72. The lowest BCUT2D eigenvalue weighted by molar-refractivity contribution is -0.118. The third-order valence-corrected chi connectivity index (χ3v) is 8.23. The fraction of sp³-hybridized carbons (Fsp3) is 0.438. The van der Waals surface area contributed by atoms with Gasteiger partial charge in [-0.15, -0.1) is 0 Å². The van der Waals surface area contributed by atoms with Crippen LogP contribution in [0.3, 0.4) is 0 Å². The van der Waals surface area contributed by atoms with Crippen LogP contribution in [0.15, 0.2) is 54.7 Å².